The van der Waals surface area contributed by atoms with E-state index in [9.17, 15) is 8.42 Å². The molecule has 0 unspecified atom stereocenters. The number of aromatic nitrogens is 1. The molecule has 0 radical (unpaired) electrons. The third kappa shape index (κ3) is 5.26. The fourth-order valence-electron chi connectivity index (χ4n) is 4.19. The molecule has 1 aliphatic heterocycles. The van der Waals surface area contributed by atoms with E-state index in [4.69, 9.17) is 14.8 Å². The number of nitrogens with zero attached hydrogens (tertiary/aromatic N) is 4. The highest BCUT2D eigenvalue weighted by Crippen LogP contribution is 2.27. The van der Waals surface area contributed by atoms with Gasteiger partial charge >= 0.3 is 0 Å². The van der Waals surface area contributed by atoms with E-state index in [1.54, 1.807) is 46.9 Å². The molecule has 3 aromatic rings. The summed E-state index contributed by atoms with van der Waals surface area (Å²) in [6.45, 7) is 1.63. The lowest BCUT2D eigenvalue weighted by atomic mass is 10.2. The number of benzene rings is 1. The van der Waals surface area contributed by atoms with E-state index < -0.39 is 10.0 Å². The van der Waals surface area contributed by atoms with Crippen LogP contribution >= 0.6 is 22.7 Å². The molecule has 5 rings (SSSR count). The molecule has 10 heteroatoms. The van der Waals surface area contributed by atoms with Crippen molar-refractivity contribution in [2.75, 3.05) is 26.3 Å². The number of hydrogen-bond donors (Lipinski definition) is 0. The first-order valence-corrected chi connectivity index (χ1v) is 14.8. The van der Waals surface area contributed by atoms with Crippen LogP contribution in [0.3, 0.4) is 0 Å². The third-order valence-electron chi connectivity index (χ3n) is 6.05. The van der Waals surface area contributed by atoms with Gasteiger partial charge in [-0.05, 0) is 61.4 Å². The highest BCUT2D eigenvalue weighted by atomic mass is 32.2. The van der Waals surface area contributed by atoms with Gasteiger partial charge in [0.15, 0.2) is 0 Å². The average Bonchev–Trinajstić information content (AvgIpc) is 3.44. The maximum Gasteiger partial charge on any atom is 0.243 e. The zero-order chi connectivity index (χ0) is 23.4. The summed E-state index contributed by atoms with van der Waals surface area (Å²) in [5, 5.41) is 9.22. The van der Waals surface area contributed by atoms with E-state index in [2.05, 4.69) is 16.8 Å². The number of rotatable bonds is 5. The first-order chi connectivity index (χ1) is 16.6. The molecule has 34 heavy (non-hydrogen) atoms. The molecule has 0 bridgehead atoms. The highest BCUT2D eigenvalue weighted by molar-refractivity contribution is 7.89. The molecule has 180 valence electrons. The summed E-state index contributed by atoms with van der Waals surface area (Å²) in [7, 11) is -3.52. The van der Waals surface area contributed by atoms with Crippen molar-refractivity contribution < 1.29 is 13.2 Å². The van der Waals surface area contributed by atoms with Crippen LogP contribution in [0.5, 0.6) is 0 Å². The number of morpholine rings is 1. The summed E-state index contributed by atoms with van der Waals surface area (Å²) in [6, 6.07) is 11.0. The van der Waals surface area contributed by atoms with Gasteiger partial charge in [-0.2, -0.15) is 9.41 Å². The lowest BCUT2D eigenvalue weighted by molar-refractivity contribution is 0.0730. The SMILES string of the molecule is O=S(=O)(c1ccc(N=c2scc(-c3cccs3)n2N=C2CCCCCC2)cc1)N1CCOCC1. The van der Waals surface area contributed by atoms with Crippen molar-refractivity contribution in [3.63, 3.8) is 0 Å². The number of thiophene rings is 1. The Hall–Kier alpha value is -2.11. The summed E-state index contributed by atoms with van der Waals surface area (Å²) in [5.74, 6) is 0. The second kappa shape index (κ2) is 10.7. The predicted octanol–water partition coefficient (Wildman–Crippen LogP) is 5.09. The smallest absolute Gasteiger partial charge is 0.243 e. The second-order valence-corrected chi connectivity index (χ2v) is 12.1. The normalized spacial score (nSPS) is 18.7. The number of hydrogen-bond acceptors (Lipinski definition) is 7. The maximum atomic E-state index is 12.9. The molecule has 1 aliphatic carbocycles. The zero-order valence-electron chi connectivity index (χ0n) is 18.9. The van der Waals surface area contributed by atoms with Crippen LogP contribution in [0.15, 0.2) is 62.1 Å². The van der Waals surface area contributed by atoms with Crippen LogP contribution < -0.4 is 4.80 Å². The molecule has 2 aromatic heterocycles. The maximum absolute atomic E-state index is 12.9. The number of thiazole rings is 1. The van der Waals surface area contributed by atoms with Crippen molar-refractivity contribution in [3.05, 3.63) is 52.0 Å². The molecule has 1 saturated carbocycles. The van der Waals surface area contributed by atoms with E-state index in [-0.39, 0.29) is 4.90 Å². The summed E-state index contributed by atoms with van der Waals surface area (Å²) < 4.78 is 34.6. The number of sulfonamides is 1. The van der Waals surface area contributed by atoms with E-state index in [1.165, 1.54) is 35.7 Å². The Morgan fingerprint density at radius 2 is 1.65 bits per heavy atom. The molecule has 3 heterocycles. The first-order valence-electron chi connectivity index (χ1n) is 11.7. The van der Waals surface area contributed by atoms with Gasteiger partial charge in [-0.25, -0.2) is 18.1 Å². The lowest BCUT2D eigenvalue weighted by Crippen LogP contribution is -2.40. The van der Waals surface area contributed by atoms with Gasteiger partial charge in [0, 0.05) is 24.2 Å². The van der Waals surface area contributed by atoms with E-state index >= 15 is 0 Å². The molecule has 7 nitrogen and oxygen atoms in total. The van der Waals surface area contributed by atoms with Crippen LogP contribution in [0.1, 0.15) is 38.5 Å². The Kier molecular flexibility index (Phi) is 7.40. The summed E-state index contributed by atoms with van der Waals surface area (Å²) >= 11 is 3.24. The predicted molar refractivity (Wildman–Crippen MR) is 137 cm³/mol. The van der Waals surface area contributed by atoms with Crippen LogP contribution in [-0.4, -0.2) is 49.4 Å². The summed E-state index contributed by atoms with van der Waals surface area (Å²) in [6.07, 6.45) is 6.96. The van der Waals surface area contributed by atoms with Crippen LogP contribution in [0, 0.1) is 0 Å². The lowest BCUT2D eigenvalue weighted by Gasteiger charge is -2.26. The van der Waals surface area contributed by atoms with Crippen LogP contribution in [0.2, 0.25) is 0 Å². The van der Waals surface area contributed by atoms with Gasteiger partial charge in [0.1, 0.15) is 0 Å². The van der Waals surface area contributed by atoms with Crippen molar-refractivity contribution in [1.82, 2.24) is 8.98 Å². The molecule has 0 amide bonds. The molecule has 2 aliphatic rings. The van der Waals surface area contributed by atoms with Gasteiger partial charge in [0.2, 0.25) is 14.8 Å². The first kappa shape index (κ1) is 23.6. The molecule has 0 N–H and O–H groups in total. The Bertz CT molecular complexity index is 1290. The molecule has 0 atom stereocenters. The Morgan fingerprint density at radius 1 is 0.912 bits per heavy atom. The minimum absolute atomic E-state index is 0.283. The van der Waals surface area contributed by atoms with Crippen molar-refractivity contribution in [1.29, 1.82) is 0 Å². The molecule has 1 aromatic carbocycles. The standard InChI is InChI=1S/C24H28N4O3S3/c29-34(30,27-13-15-31-16-14-27)21-11-9-19(10-12-21)25-24-28(26-20-6-3-1-2-4-7-20)22(18-33-24)23-8-5-17-32-23/h5,8-12,17-18H,1-4,6-7,13-16H2. The van der Waals surface area contributed by atoms with Crippen molar-refractivity contribution >= 4 is 44.1 Å². The average molecular weight is 517 g/mol. The quantitative estimate of drug-likeness (QED) is 0.443. The topological polar surface area (TPSA) is 76.3 Å². The van der Waals surface area contributed by atoms with Gasteiger partial charge in [-0.1, -0.05) is 18.9 Å². The minimum atomic E-state index is -3.52. The van der Waals surface area contributed by atoms with Crippen molar-refractivity contribution in [3.8, 4) is 10.6 Å². The molecular formula is C24H28N4O3S3. The Balaban J connectivity index is 1.49. The van der Waals surface area contributed by atoms with Crippen LogP contribution in [0.25, 0.3) is 10.6 Å². The fraction of sp³-hybridized carbons (Fsp3) is 0.417. The van der Waals surface area contributed by atoms with E-state index in [0.29, 0.717) is 32.0 Å². The second-order valence-electron chi connectivity index (χ2n) is 8.40. The van der Waals surface area contributed by atoms with Crippen LogP contribution in [-0.2, 0) is 14.8 Å². The van der Waals surface area contributed by atoms with Crippen molar-refractivity contribution in [2.24, 2.45) is 10.1 Å². The van der Waals surface area contributed by atoms with Crippen LogP contribution in [0.4, 0.5) is 5.69 Å². The fourth-order valence-corrected chi connectivity index (χ4v) is 7.24. The molecule has 0 spiro atoms. The Morgan fingerprint density at radius 3 is 2.32 bits per heavy atom. The van der Waals surface area contributed by atoms with Gasteiger partial charge in [-0.15, -0.1) is 22.7 Å². The van der Waals surface area contributed by atoms with Gasteiger partial charge in [-0.3, -0.25) is 0 Å². The van der Waals surface area contributed by atoms with E-state index in [0.717, 1.165) is 28.2 Å². The molecular weight excluding hydrogens is 488 g/mol. The van der Waals surface area contributed by atoms with Crippen molar-refractivity contribution in [2.45, 2.75) is 43.4 Å². The van der Waals surface area contributed by atoms with Gasteiger partial charge in [0.05, 0.1) is 34.4 Å². The number of ether oxygens (including phenoxy) is 1. The molecule has 2 fully saturated rings. The highest BCUT2D eigenvalue weighted by Gasteiger charge is 2.26. The largest absolute Gasteiger partial charge is 0.379 e. The van der Waals surface area contributed by atoms with Gasteiger partial charge < -0.3 is 4.74 Å². The summed E-state index contributed by atoms with van der Waals surface area (Å²) in [5.41, 5.74) is 2.97. The van der Waals surface area contributed by atoms with E-state index in [1.807, 2.05) is 10.7 Å². The monoisotopic (exact) mass is 516 g/mol. The summed E-state index contributed by atoms with van der Waals surface area (Å²) in [4.78, 5) is 7.07. The zero-order valence-corrected chi connectivity index (χ0v) is 21.4. The third-order valence-corrected chi connectivity index (χ3v) is 9.67. The molecule has 1 saturated heterocycles. The Labute approximate surface area is 208 Å². The minimum Gasteiger partial charge on any atom is -0.379 e. The van der Waals surface area contributed by atoms with Gasteiger partial charge in [0.25, 0.3) is 0 Å².